The number of morpholine rings is 1. The third kappa shape index (κ3) is 3.23. The van der Waals surface area contributed by atoms with Gasteiger partial charge in [0.2, 0.25) is 0 Å². The van der Waals surface area contributed by atoms with E-state index in [1.165, 1.54) is 12.8 Å². The van der Waals surface area contributed by atoms with Gasteiger partial charge in [-0.15, -0.1) is 0 Å². The lowest BCUT2D eigenvalue weighted by Gasteiger charge is -2.35. The molecule has 1 N–H and O–H groups in total. The third-order valence-electron chi connectivity index (χ3n) is 4.21. The van der Waals surface area contributed by atoms with Crippen LogP contribution in [0.4, 0.5) is 0 Å². The molecule has 0 saturated carbocycles. The van der Waals surface area contributed by atoms with Gasteiger partial charge in [-0.25, -0.2) is 0 Å². The fourth-order valence-electron chi connectivity index (χ4n) is 3.05. The maximum Gasteiger partial charge on any atom is 0.251 e. The average molecular weight is 285 g/mol. The molecule has 2 aliphatic heterocycles. The summed E-state index contributed by atoms with van der Waals surface area (Å²) in [6.07, 6.45) is 2.52. The molecule has 0 radical (unpaired) electrons. The highest BCUT2D eigenvalue weighted by Gasteiger charge is 2.32. The van der Waals surface area contributed by atoms with Crippen molar-refractivity contribution in [3.63, 3.8) is 0 Å². The van der Waals surface area contributed by atoms with Gasteiger partial charge in [0, 0.05) is 24.7 Å². The van der Waals surface area contributed by atoms with E-state index in [4.69, 9.17) is 10.00 Å². The van der Waals surface area contributed by atoms with Gasteiger partial charge in [0.25, 0.3) is 5.91 Å². The summed E-state index contributed by atoms with van der Waals surface area (Å²) in [6.45, 7) is 3.31. The van der Waals surface area contributed by atoms with Gasteiger partial charge in [0.15, 0.2) is 0 Å². The quantitative estimate of drug-likeness (QED) is 0.905. The lowest BCUT2D eigenvalue weighted by atomic mass is 10.1. The number of carbonyl (C=O) groups excluding carboxylic acids is 1. The first kappa shape index (κ1) is 14.1. The molecule has 5 nitrogen and oxygen atoms in total. The van der Waals surface area contributed by atoms with Crippen molar-refractivity contribution >= 4 is 5.91 Å². The van der Waals surface area contributed by atoms with Gasteiger partial charge in [-0.1, -0.05) is 6.07 Å². The number of hydrogen-bond acceptors (Lipinski definition) is 4. The fraction of sp³-hybridized carbons (Fsp3) is 0.500. The first-order valence-electron chi connectivity index (χ1n) is 7.40. The number of amides is 1. The van der Waals surface area contributed by atoms with E-state index in [1.807, 2.05) is 6.07 Å². The van der Waals surface area contributed by atoms with E-state index >= 15 is 0 Å². The second-order valence-electron chi connectivity index (χ2n) is 5.65. The average Bonchev–Trinajstić information content (AvgIpc) is 3.00. The van der Waals surface area contributed by atoms with E-state index in [9.17, 15) is 4.79 Å². The molecule has 2 saturated heterocycles. The zero-order chi connectivity index (χ0) is 14.7. The Morgan fingerprint density at radius 1 is 1.52 bits per heavy atom. The maximum absolute atomic E-state index is 12.1. The number of ether oxygens (including phenoxy) is 1. The minimum Gasteiger partial charge on any atom is -0.373 e. The Balaban J connectivity index is 1.52. The van der Waals surface area contributed by atoms with Gasteiger partial charge in [-0.2, -0.15) is 5.26 Å². The van der Waals surface area contributed by atoms with Crippen molar-refractivity contribution in [2.45, 2.75) is 25.0 Å². The van der Waals surface area contributed by atoms with Gasteiger partial charge in [0.1, 0.15) is 0 Å². The molecule has 110 valence electrons. The number of rotatable bonds is 3. The van der Waals surface area contributed by atoms with E-state index in [1.54, 1.807) is 24.3 Å². The molecule has 2 fully saturated rings. The number of fused-ring (bicyclic) bond motifs is 1. The van der Waals surface area contributed by atoms with E-state index in [0.29, 0.717) is 23.7 Å². The Hall–Kier alpha value is -1.90. The Kier molecular flexibility index (Phi) is 4.18. The zero-order valence-electron chi connectivity index (χ0n) is 11.9. The highest BCUT2D eigenvalue weighted by Crippen LogP contribution is 2.22. The number of nitrogens with zero attached hydrogens (tertiary/aromatic N) is 2. The molecule has 21 heavy (non-hydrogen) atoms. The lowest BCUT2D eigenvalue weighted by Crippen LogP contribution is -2.50. The summed E-state index contributed by atoms with van der Waals surface area (Å²) in [5.74, 6) is -0.153. The molecule has 2 heterocycles. The van der Waals surface area contributed by atoms with Crippen LogP contribution in [0.15, 0.2) is 24.3 Å². The van der Waals surface area contributed by atoms with E-state index in [0.717, 1.165) is 19.7 Å². The van der Waals surface area contributed by atoms with E-state index in [2.05, 4.69) is 10.2 Å². The Morgan fingerprint density at radius 3 is 3.29 bits per heavy atom. The SMILES string of the molecule is N#Cc1cccc(C(=O)NC[C@@H]2CN3CCC[C@H]3CO2)c1. The molecule has 1 amide bonds. The zero-order valence-corrected chi connectivity index (χ0v) is 11.9. The first-order valence-corrected chi connectivity index (χ1v) is 7.40. The molecule has 1 aromatic carbocycles. The van der Waals surface area contributed by atoms with Crippen molar-refractivity contribution in [2.24, 2.45) is 0 Å². The molecule has 0 bridgehead atoms. The molecule has 0 spiro atoms. The van der Waals surface area contributed by atoms with Crippen LogP contribution < -0.4 is 5.32 Å². The van der Waals surface area contributed by atoms with E-state index in [-0.39, 0.29) is 12.0 Å². The predicted octanol–water partition coefficient (Wildman–Crippen LogP) is 1.15. The summed E-state index contributed by atoms with van der Waals surface area (Å²) < 4.78 is 5.81. The van der Waals surface area contributed by atoms with Crippen LogP contribution in [-0.4, -0.2) is 49.2 Å². The van der Waals surface area contributed by atoms with Crippen molar-refractivity contribution in [3.05, 3.63) is 35.4 Å². The summed E-state index contributed by atoms with van der Waals surface area (Å²) in [6, 6.07) is 9.35. The van der Waals surface area contributed by atoms with Crippen molar-refractivity contribution in [1.82, 2.24) is 10.2 Å². The first-order chi connectivity index (χ1) is 10.3. The van der Waals surface area contributed by atoms with Gasteiger partial charge in [0.05, 0.1) is 24.3 Å². The van der Waals surface area contributed by atoms with Crippen LogP contribution >= 0.6 is 0 Å². The third-order valence-corrected chi connectivity index (χ3v) is 4.21. The fourth-order valence-corrected chi connectivity index (χ4v) is 3.05. The van der Waals surface area contributed by atoms with Crippen LogP contribution in [0.3, 0.4) is 0 Å². The second-order valence-corrected chi connectivity index (χ2v) is 5.65. The van der Waals surface area contributed by atoms with Gasteiger partial charge in [-0.05, 0) is 37.6 Å². The second kappa shape index (κ2) is 6.25. The summed E-state index contributed by atoms with van der Waals surface area (Å²) in [5.41, 5.74) is 1.01. The highest BCUT2D eigenvalue weighted by molar-refractivity contribution is 5.94. The lowest BCUT2D eigenvalue weighted by molar-refractivity contribution is -0.0461. The predicted molar refractivity (Wildman–Crippen MR) is 77.8 cm³/mol. The monoisotopic (exact) mass is 285 g/mol. The molecule has 0 unspecified atom stereocenters. The molecule has 1 aromatic rings. The minimum atomic E-state index is -0.153. The molecular formula is C16H19N3O2. The van der Waals surface area contributed by atoms with Crippen LogP contribution in [-0.2, 0) is 4.74 Å². The number of nitrogens with one attached hydrogen (secondary N) is 1. The Morgan fingerprint density at radius 2 is 2.43 bits per heavy atom. The molecule has 2 aliphatic rings. The maximum atomic E-state index is 12.1. The van der Waals surface area contributed by atoms with Crippen LogP contribution in [0.25, 0.3) is 0 Å². The van der Waals surface area contributed by atoms with E-state index < -0.39 is 0 Å². The summed E-state index contributed by atoms with van der Waals surface area (Å²) in [4.78, 5) is 14.5. The Labute approximate surface area is 124 Å². The minimum absolute atomic E-state index is 0.0578. The normalized spacial score (nSPS) is 25.1. The molecule has 0 aliphatic carbocycles. The van der Waals surface area contributed by atoms with Gasteiger partial charge >= 0.3 is 0 Å². The summed E-state index contributed by atoms with van der Waals surface area (Å²) in [5, 5.41) is 11.8. The molecule has 2 atom stereocenters. The Bertz CT molecular complexity index is 567. The van der Waals surface area contributed by atoms with Crippen LogP contribution in [0.5, 0.6) is 0 Å². The highest BCUT2D eigenvalue weighted by atomic mass is 16.5. The molecule has 0 aromatic heterocycles. The van der Waals surface area contributed by atoms with Crippen molar-refractivity contribution in [2.75, 3.05) is 26.2 Å². The molecule has 3 rings (SSSR count). The summed E-state index contributed by atoms with van der Waals surface area (Å²) in [7, 11) is 0. The van der Waals surface area contributed by atoms with Crippen molar-refractivity contribution in [1.29, 1.82) is 5.26 Å². The standard InChI is InChI=1S/C16H19N3O2/c17-8-12-3-1-4-13(7-12)16(20)18-9-15-10-19-6-2-5-14(19)11-21-15/h1,3-4,7,14-15H,2,5-6,9-11H2,(H,18,20)/t14-,15+/m0/s1. The molecule has 5 heteroatoms. The van der Waals surface area contributed by atoms with Crippen LogP contribution in [0.1, 0.15) is 28.8 Å². The molecular weight excluding hydrogens is 266 g/mol. The van der Waals surface area contributed by atoms with Crippen LogP contribution in [0, 0.1) is 11.3 Å². The number of benzene rings is 1. The smallest absolute Gasteiger partial charge is 0.251 e. The van der Waals surface area contributed by atoms with Crippen molar-refractivity contribution in [3.8, 4) is 6.07 Å². The number of hydrogen-bond donors (Lipinski definition) is 1. The van der Waals surface area contributed by atoms with Crippen LogP contribution in [0.2, 0.25) is 0 Å². The summed E-state index contributed by atoms with van der Waals surface area (Å²) >= 11 is 0. The van der Waals surface area contributed by atoms with Gasteiger partial charge in [-0.3, -0.25) is 9.69 Å². The number of carbonyl (C=O) groups is 1. The topological polar surface area (TPSA) is 65.4 Å². The largest absolute Gasteiger partial charge is 0.373 e. The van der Waals surface area contributed by atoms with Crippen molar-refractivity contribution < 1.29 is 9.53 Å². The number of nitriles is 1. The van der Waals surface area contributed by atoms with Gasteiger partial charge < -0.3 is 10.1 Å².